The maximum Gasteiger partial charge on any atom is 0.230 e. The number of anilines is 2. The van der Waals surface area contributed by atoms with Crippen LogP contribution in [-0.2, 0) is 4.74 Å². The van der Waals surface area contributed by atoms with Gasteiger partial charge in [0.05, 0.1) is 6.10 Å². The van der Waals surface area contributed by atoms with Gasteiger partial charge in [-0.2, -0.15) is 15.0 Å². The molecule has 6 nitrogen and oxygen atoms in total. The Morgan fingerprint density at radius 3 is 2.84 bits per heavy atom. The molecule has 2 rings (SSSR count). The van der Waals surface area contributed by atoms with Gasteiger partial charge in [-0.25, -0.2) is 0 Å². The molecule has 1 aromatic heterocycles. The van der Waals surface area contributed by atoms with Crippen LogP contribution in [0, 0.1) is 5.92 Å². The van der Waals surface area contributed by atoms with Crippen molar-refractivity contribution < 1.29 is 4.74 Å². The van der Waals surface area contributed by atoms with E-state index in [0.29, 0.717) is 23.9 Å². The molecular formula is C12H20ClN5O. The molecule has 106 valence electrons. The van der Waals surface area contributed by atoms with Crippen LogP contribution in [0.1, 0.15) is 19.8 Å². The van der Waals surface area contributed by atoms with Gasteiger partial charge in [-0.3, -0.25) is 0 Å². The van der Waals surface area contributed by atoms with Crippen molar-refractivity contribution in [1.29, 1.82) is 0 Å². The summed E-state index contributed by atoms with van der Waals surface area (Å²) in [5.74, 6) is 1.58. The van der Waals surface area contributed by atoms with Crippen LogP contribution in [0.2, 0.25) is 5.28 Å². The van der Waals surface area contributed by atoms with E-state index in [2.05, 4.69) is 27.2 Å². The SMILES string of the molecule is CCC1OCCC1CNc1nc(Cl)nc(N(C)C)n1. The van der Waals surface area contributed by atoms with Gasteiger partial charge in [0.1, 0.15) is 0 Å². The summed E-state index contributed by atoms with van der Waals surface area (Å²) in [6, 6.07) is 0. The Labute approximate surface area is 118 Å². The van der Waals surface area contributed by atoms with Gasteiger partial charge in [0, 0.05) is 33.2 Å². The first-order chi connectivity index (χ1) is 9.10. The topological polar surface area (TPSA) is 63.2 Å². The maximum absolute atomic E-state index is 5.89. The number of ether oxygens (including phenoxy) is 1. The minimum absolute atomic E-state index is 0.205. The molecule has 0 aromatic carbocycles. The van der Waals surface area contributed by atoms with E-state index < -0.39 is 0 Å². The lowest BCUT2D eigenvalue weighted by molar-refractivity contribution is 0.0900. The molecule has 2 unspecified atom stereocenters. The van der Waals surface area contributed by atoms with Crippen LogP contribution >= 0.6 is 11.6 Å². The normalized spacial score (nSPS) is 22.5. The zero-order chi connectivity index (χ0) is 13.8. The highest BCUT2D eigenvalue weighted by atomic mass is 35.5. The van der Waals surface area contributed by atoms with Crippen molar-refractivity contribution in [2.45, 2.75) is 25.9 Å². The first kappa shape index (κ1) is 14.3. The highest BCUT2D eigenvalue weighted by Gasteiger charge is 2.26. The van der Waals surface area contributed by atoms with Crippen LogP contribution in [0.15, 0.2) is 0 Å². The summed E-state index contributed by atoms with van der Waals surface area (Å²) >= 11 is 5.89. The lowest BCUT2D eigenvalue weighted by Crippen LogP contribution is -2.24. The van der Waals surface area contributed by atoms with Gasteiger partial charge < -0.3 is 15.0 Å². The molecule has 19 heavy (non-hydrogen) atoms. The summed E-state index contributed by atoms with van der Waals surface area (Å²) < 4.78 is 5.66. The Bertz CT molecular complexity index is 429. The molecule has 0 radical (unpaired) electrons. The molecule has 0 amide bonds. The van der Waals surface area contributed by atoms with Crippen molar-refractivity contribution in [2.75, 3.05) is 37.5 Å². The number of halogens is 1. The Balaban J connectivity index is 1.99. The average molecular weight is 286 g/mol. The summed E-state index contributed by atoms with van der Waals surface area (Å²) in [4.78, 5) is 14.3. The van der Waals surface area contributed by atoms with E-state index >= 15 is 0 Å². The van der Waals surface area contributed by atoms with E-state index in [1.54, 1.807) is 4.90 Å². The third kappa shape index (κ3) is 3.67. The van der Waals surface area contributed by atoms with Crippen molar-refractivity contribution in [3.63, 3.8) is 0 Å². The van der Waals surface area contributed by atoms with Gasteiger partial charge in [-0.1, -0.05) is 6.92 Å². The zero-order valence-corrected chi connectivity index (χ0v) is 12.3. The quantitative estimate of drug-likeness (QED) is 0.890. The summed E-state index contributed by atoms with van der Waals surface area (Å²) in [6.45, 7) is 3.78. The first-order valence-corrected chi connectivity index (χ1v) is 6.92. The standard InChI is InChI=1S/C12H20ClN5O/c1-4-9-8(5-6-19-9)7-14-11-15-10(13)16-12(17-11)18(2)3/h8-9H,4-7H2,1-3H3,(H,14,15,16,17). The fourth-order valence-corrected chi connectivity index (χ4v) is 2.37. The lowest BCUT2D eigenvalue weighted by Gasteiger charge is -2.17. The maximum atomic E-state index is 5.89. The lowest BCUT2D eigenvalue weighted by atomic mass is 10.00. The Kier molecular flexibility index (Phi) is 4.76. The second-order valence-electron chi connectivity index (χ2n) is 4.87. The van der Waals surface area contributed by atoms with E-state index in [4.69, 9.17) is 16.3 Å². The number of nitrogens with one attached hydrogen (secondary N) is 1. The highest BCUT2D eigenvalue weighted by molar-refractivity contribution is 6.28. The molecule has 0 spiro atoms. The largest absolute Gasteiger partial charge is 0.378 e. The summed E-state index contributed by atoms with van der Waals surface area (Å²) in [5, 5.41) is 3.44. The predicted octanol–water partition coefficient (Wildman–Crippen LogP) is 1.82. The molecule has 1 aliphatic heterocycles. The number of hydrogen-bond acceptors (Lipinski definition) is 6. The molecule has 1 N–H and O–H groups in total. The summed E-state index contributed by atoms with van der Waals surface area (Å²) in [7, 11) is 3.74. The molecule has 2 heterocycles. The van der Waals surface area contributed by atoms with E-state index in [0.717, 1.165) is 26.0 Å². The molecule has 1 saturated heterocycles. The van der Waals surface area contributed by atoms with Gasteiger partial charge in [0.2, 0.25) is 17.2 Å². The smallest absolute Gasteiger partial charge is 0.230 e. The zero-order valence-electron chi connectivity index (χ0n) is 11.6. The molecule has 1 aliphatic rings. The van der Waals surface area contributed by atoms with E-state index in [-0.39, 0.29) is 5.28 Å². The third-order valence-corrected chi connectivity index (χ3v) is 3.44. The van der Waals surface area contributed by atoms with Crippen LogP contribution in [0.25, 0.3) is 0 Å². The molecule has 0 bridgehead atoms. The van der Waals surface area contributed by atoms with Gasteiger partial charge in [-0.05, 0) is 24.4 Å². The molecular weight excluding hydrogens is 266 g/mol. The summed E-state index contributed by atoms with van der Waals surface area (Å²) in [5.41, 5.74) is 0. The van der Waals surface area contributed by atoms with Crippen molar-refractivity contribution in [1.82, 2.24) is 15.0 Å². The molecule has 0 aliphatic carbocycles. The Morgan fingerprint density at radius 2 is 2.16 bits per heavy atom. The second kappa shape index (κ2) is 6.34. The monoisotopic (exact) mass is 285 g/mol. The number of nitrogens with zero attached hydrogens (tertiary/aromatic N) is 4. The van der Waals surface area contributed by atoms with Crippen LogP contribution in [0.3, 0.4) is 0 Å². The van der Waals surface area contributed by atoms with Gasteiger partial charge in [0.25, 0.3) is 0 Å². The number of aromatic nitrogens is 3. The van der Waals surface area contributed by atoms with Crippen LogP contribution in [0.4, 0.5) is 11.9 Å². The fraction of sp³-hybridized carbons (Fsp3) is 0.750. The number of rotatable bonds is 5. The minimum Gasteiger partial charge on any atom is -0.378 e. The van der Waals surface area contributed by atoms with Crippen molar-refractivity contribution in [3.05, 3.63) is 5.28 Å². The van der Waals surface area contributed by atoms with Gasteiger partial charge in [0.15, 0.2) is 0 Å². The molecule has 7 heteroatoms. The highest BCUT2D eigenvalue weighted by Crippen LogP contribution is 2.23. The van der Waals surface area contributed by atoms with Gasteiger partial charge >= 0.3 is 0 Å². The van der Waals surface area contributed by atoms with E-state index in [9.17, 15) is 0 Å². The van der Waals surface area contributed by atoms with Crippen molar-refractivity contribution in [2.24, 2.45) is 5.92 Å². The molecule has 2 atom stereocenters. The first-order valence-electron chi connectivity index (χ1n) is 6.54. The Morgan fingerprint density at radius 1 is 1.37 bits per heavy atom. The van der Waals surface area contributed by atoms with E-state index in [1.807, 2.05) is 14.1 Å². The van der Waals surface area contributed by atoms with Crippen molar-refractivity contribution in [3.8, 4) is 0 Å². The minimum atomic E-state index is 0.205. The fourth-order valence-electron chi connectivity index (χ4n) is 2.22. The molecule has 1 fully saturated rings. The predicted molar refractivity (Wildman–Crippen MR) is 75.8 cm³/mol. The van der Waals surface area contributed by atoms with Crippen LogP contribution in [-0.4, -0.2) is 48.3 Å². The van der Waals surface area contributed by atoms with Crippen LogP contribution in [0.5, 0.6) is 0 Å². The average Bonchev–Trinajstić information content (AvgIpc) is 2.83. The third-order valence-electron chi connectivity index (χ3n) is 3.27. The van der Waals surface area contributed by atoms with E-state index in [1.165, 1.54) is 0 Å². The second-order valence-corrected chi connectivity index (χ2v) is 5.21. The van der Waals surface area contributed by atoms with Crippen molar-refractivity contribution >= 4 is 23.5 Å². The van der Waals surface area contributed by atoms with Gasteiger partial charge in [-0.15, -0.1) is 0 Å². The number of hydrogen-bond donors (Lipinski definition) is 1. The van der Waals surface area contributed by atoms with Crippen LogP contribution < -0.4 is 10.2 Å². The molecule has 1 aromatic rings. The molecule has 0 saturated carbocycles. The summed E-state index contributed by atoms with van der Waals surface area (Å²) in [6.07, 6.45) is 2.44. The Hall–Kier alpha value is -1.14.